The highest BCUT2D eigenvalue weighted by Crippen LogP contribution is 2.30. The minimum Gasteiger partial charge on any atom is -0.453 e. The van der Waals surface area contributed by atoms with Crippen LogP contribution in [-0.4, -0.2) is 87.6 Å². The van der Waals surface area contributed by atoms with E-state index in [9.17, 15) is 19.2 Å². The lowest BCUT2D eigenvalue weighted by molar-refractivity contribution is -0.134. The number of H-pyrrole nitrogens is 2. The predicted octanol–water partition coefficient (Wildman–Crippen LogP) is 7.22. The Labute approximate surface area is 337 Å². The number of aromatic amines is 2. The summed E-state index contributed by atoms with van der Waals surface area (Å²) in [4.78, 5) is 69.3. The van der Waals surface area contributed by atoms with E-state index in [4.69, 9.17) is 4.74 Å². The third-order valence-corrected chi connectivity index (χ3v) is 9.67. The summed E-state index contributed by atoms with van der Waals surface area (Å²) in [5.74, 6) is 0.803. The van der Waals surface area contributed by atoms with Crippen molar-refractivity contribution in [3.05, 3.63) is 121 Å². The molecule has 2 aromatic heterocycles. The smallest absolute Gasteiger partial charge is 0.407 e. The van der Waals surface area contributed by atoms with Gasteiger partial charge in [-0.25, -0.2) is 19.6 Å². The third-order valence-electron chi connectivity index (χ3n) is 9.67. The van der Waals surface area contributed by atoms with E-state index in [0.29, 0.717) is 36.8 Å². The predicted molar refractivity (Wildman–Crippen MR) is 221 cm³/mol. The van der Waals surface area contributed by atoms with Gasteiger partial charge in [0.25, 0.3) is 0 Å². The van der Waals surface area contributed by atoms with Crippen molar-refractivity contribution in [1.82, 2.24) is 40.4 Å². The molecule has 1 unspecified atom stereocenters. The molecular formula is C44H48N8O6. The number of benzene rings is 4. The van der Waals surface area contributed by atoms with Crippen molar-refractivity contribution in [3.63, 3.8) is 0 Å². The molecule has 14 nitrogen and oxygen atoms in total. The molecule has 2 heterocycles. The summed E-state index contributed by atoms with van der Waals surface area (Å²) in [5, 5.41) is 7.29. The fourth-order valence-electron chi connectivity index (χ4n) is 6.70. The monoisotopic (exact) mass is 784 g/mol. The van der Waals surface area contributed by atoms with E-state index in [-0.39, 0.29) is 24.9 Å². The van der Waals surface area contributed by atoms with Gasteiger partial charge in [0.2, 0.25) is 11.8 Å². The van der Waals surface area contributed by atoms with Crippen LogP contribution in [0.25, 0.3) is 44.4 Å². The summed E-state index contributed by atoms with van der Waals surface area (Å²) in [5.41, 5.74) is 6.39. The van der Waals surface area contributed by atoms with Crippen LogP contribution in [0.15, 0.2) is 103 Å². The van der Waals surface area contributed by atoms with Gasteiger partial charge in [0, 0.05) is 18.7 Å². The molecule has 0 bridgehead atoms. The number of amides is 4. The van der Waals surface area contributed by atoms with E-state index >= 15 is 0 Å². The Morgan fingerprint density at radius 3 is 1.81 bits per heavy atom. The van der Waals surface area contributed by atoms with Crippen LogP contribution in [0, 0.1) is 0 Å². The average molecular weight is 785 g/mol. The number of carbonyl (C=O) groups is 4. The summed E-state index contributed by atoms with van der Waals surface area (Å²) in [7, 11) is 2.53. The van der Waals surface area contributed by atoms with Crippen LogP contribution in [0.4, 0.5) is 9.59 Å². The molecule has 300 valence electrons. The summed E-state index contributed by atoms with van der Waals surface area (Å²) < 4.78 is 9.38. The van der Waals surface area contributed by atoms with E-state index in [1.54, 1.807) is 34.3 Å². The van der Waals surface area contributed by atoms with Crippen LogP contribution in [0.3, 0.4) is 0 Å². The molecule has 0 radical (unpaired) electrons. The van der Waals surface area contributed by atoms with Crippen molar-refractivity contribution >= 4 is 34.8 Å². The Morgan fingerprint density at radius 2 is 1.19 bits per heavy atom. The molecule has 0 aliphatic rings. The standard InChI is InChI=1S/C44H48N8O6/c1-5-20-51(40(53)26-47-43(55)57-3)27-38-46-25-37(49-38)35-19-18-33-22-32(16-17-34(33)23-35)29-12-14-30(15-13-29)36-24-45-39(48-36)28-52(21-6-2)42(54)41(50-44(56)58-4)31-10-8-7-9-11-31/h7-19,22-25,41H,5-6,20-21,26-28H2,1-4H3,(H,45,48)(H,46,49)(H,47,55)(H,50,56). The molecule has 0 aliphatic carbocycles. The fraction of sp³-hybridized carbons (Fsp3) is 0.273. The number of imidazole rings is 2. The van der Waals surface area contributed by atoms with Gasteiger partial charge in [-0.3, -0.25) is 9.59 Å². The first kappa shape index (κ1) is 40.7. The highest BCUT2D eigenvalue weighted by molar-refractivity contribution is 5.91. The van der Waals surface area contributed by atoms with Crippen molar-refractivity contribution in [2.75, 3.05) is 33.9 Å². The number of hydrogen-bond acceptors (Lipinski definition) is 8. The zero-order valence-corrected chi connectivity index (χ0v) is 33.1. The number of aromatic nitrogens is 4. The quantitative estimate of drug-likeness (QED) is 0.0796. The Morgan fingerprint density at radius 1 is 0.655 bits per heavy atom. The van der Waals surface area contributed by atoms with Gasteiger partial charge < -0.3 is 39.9 Å². The van der Waals surface area contributed by atoms with Crippen LogP contribution >= 0.6 is 0 Å². The lowest BCUT2D eigenvalue weighted by Gasteiger charge is -2.27. The molecule has 0 fully saturated rings. The second kappa shape index (κ2) is 19.3. The summed E-state index contributed by atoms with van der Waals surface area (Å²) in [6.07, 6.45) is 3.69. The van der Waals surface area contributed by atoms with E-state index < -0.39 is 18.2 Å². The van der Waals surface area contributed by atoms with Gasteiger partial charge >= 0.3 is 12.2 Å². The van der Waals surface area contributed by atoms with Crippen LogP contribution in [0.1, 0.15) is 49.9 Å². The highest BCUT2D eigenvalue weighted by atomic mass is 16.5. The first-order valence-electron chi connectivity index (χ1n) is 19.2. The van der Waals surface area contributed by atoms with Crippen LogP contribution in [0.5, 0.6) is 0 Å². The summed E-state index contributed by atoms with van der Waals surface area (Å²) >= 11 is 0. The minimum absolute atomic E-state index is 0.151. The molecule has 0 aliphatic heterocycles. The van der Waals surface area contributed by atoms with Gasteiger partial charge in [-0.05, 0) is 58.0 Å². The van der Waals surface area contributed by atoms with E-state index in [1.807, 2.05) is 50.2 Å². The molecule has 6 aromatic rings. The molecule has 0 spiro atoms. The molecule has 4 amide bonds. The van der Waals surface area contributed by atoms with Crippen molar-refractivity contribution in [1.29, 1.82) is 0 Å². The number of methoxy groups -OCH3 is 2. The lowest BCUT2D eigenvalue weighted by atomic mass is 9.98. The van der Waals surface area contributed by atoms with Gasteiger partial charge in [0.1, 0.15) is 24.2 Å². The Bertz CT molecular complexity index is 2340. The van der Waals surface area contributed by atoms with Crippen molar-refractivity contribution in [2.24, 2.45) is 0 Å². The van der Waals surface area contributed by atoms with Gasteiger partial charge in [0.05, 0.1) is 51.1 Å². The van der Waals surface area contributed by atoms with Gasteiger partial charge in [-0.2, -0.15) is 0 Å². The van der Waals surface area contributed by atoms with E-state index in [0.717, 1.165) is 57.3 Å². The van der Waals surface area contributed by atoms with E-state index in [2.05, 4.69) is 77.8 Å². The summed E-state index contributed by atoms with van der Waals surface area (Å²) in [6, 6.07) is 29.0. The molecule has 4 aromatic carbocycles. The second-order valence-electron chi connectivity index (χ2n) is 13.7. The van der Waals surface area contributed by atoms with E-state index in [1.165, 1.54) is 14.2 Å². The minimum atomic E-state index is -0.902. The first-order valence-corrected chi connectivity index (χ1v) is 19.2. The van der Waals surface area contributed by atoms with Gasteiger partial charge in [-0.1, -0.05) is 92.7 Å². The zero-order chi connectivity index (χ0) is 41.0. The number of rotatable bonds is 16. The second-order valence-corrected chi connectivity index (χ2v) is 13.7. The van der Waals surface area contributed by atoms with Crippen molar-refractivity contribution in [3.8, 4) is 33.6 Å². The molecule has 14 heteroatoms. The van der Waals surface area contributed by atoms with Crippen LogP contribution in [0.2, 0.25) is 0 Å². The maximum atomic E-state index is 13.8. The molecule has 0 saturated heterocycles. The van der Waals surface area contributed by atoms with Crippen molar-refractivity contribution < 1.29 is 28.7 Å². The Balaban J connectivity index is 1.11. The highest BCUT2D eigenvalue weighted by Gasteiger charge is 2.28. The number of ether oxygens (including phenoxy) is 2. The maximum Gasteiger partial charge on any atom is 0.407 e. The third kappa shape index (κ3) is 10.1. The number of carbonyl (C=O) groups excluding carboxylic acids is 4. The van der Waals surface area contributed by atoms with Crippen LogP contribution in [-0.2, 0) is 32.2 Å². The van der Waals surface area contributed by atoms with Crippen LogP contribution < -0.4 is 10.6 Å². The largest absolute Gasteiger partial charge is 0.453 e. The number of nitrogens with zero attached hydrogens (tertiary/aromatic N) is 4. The first-order chi connectivity index (χ1) is 28.2. The summed E-state index contributed by atoms with van der Waals surface area (Å²) in [6.45, 7) is 5.38. The lowest BCUT2D eigenvalue weighted by Crippen LogP contribution is -2.43. The maximum absolute atomic E-state index is 13.8. The molecule has 1 atom stereocenters. The number of alkyl carbamates (subject to hydrolysis) is 2. The normalized spacial score (nSPS) is 11.4. The molecule has 58 heavy (non-hydrogen) atoms. The van der Waals surface area contributed by atoms with Gasteiger partial charge in [-0.15, -0.1) is 0 Å². The van der Waals surface area contributed by atoms with Gasteiger partial charge in [0.15, 0.2) is 0 Å². The Kier molecular flexibility index (Phi) is 13.5. The molecule has 0 saturated carbocycles. The topological polar surface area (TPSA) is 175 Å². The molecular weight excluding hydrogens is 737 g/mol. The number of fused-ring (bicyclic) bond motifs is 1. The number of hydrogen-bond donors (Lipinski definition) is 4. The SMILES string of the molecule is CCCN(Cc1ncc(-c2ccc3cc(-c4ccc(-c5cnc(CN(CCC)C(=O)C(NC(=O)OC)c6ccccc6)[nH]5)cc4)ccc3c2)[nH]1)C(=O)CNC(=O)OC. The zero-order valence-electron chi connectivity index (χ0n) is 33.1. The molecule has 4 N–H and O–H groups in total. The number of nitrogens with one attached hydrogen (secondary N) is 4. The Hall–Kier alpha value is -6.96. The molecule has 6 rings (SSSR count). The average Bonchev–Trinajstić information content (AvgIpc) is 3.94. The van der Waals surface area contributed by atoms with Crippen molar-refractivity contribution in [2.45, 2.75) is 45.8 Å². The fourth-order valence-corrected chi connectivity index (χ4v) is 6.70.